The number of nitrogens with zero attached hydrogens (tertiary/aromatic N) is 4. The Morgan fingerprint density at radius 2 is 1.03 bits per heavy atom. The number of imidazole rings is 2. The normalized spacial score (nSPS) is 31.1. The van der Waals surface area contributed by atoms with E-state index >= 15 is 0 Å². The molecule has 0 radical (unpaired) electrons. The highest BCUT2D eigenvalue weighted by molar-refractivity contribution is 5.77. The Bertz CT molecular complexity index is 1350. The van der Waals surface area contributed by atoms with Crippen molar-refractivity contribution < 1.29 is 40.1 Å². The van der Waals surface area contributed by atoms with E-state index in [9.17, 15) is 30.6 Å². The van der Waals surface area contributed by atoms with E-state index < -0.39 is 62.3 Å². The quantitative estimate of drug-likeness (QED) is 0.175. The minimum Gasteiger partial charge on any atom is -0.394 e. The molecule has 6 N–H and O–H groups in total. The van der Waals surface area contributed by atoms with Crippen LogP contribution >= 0.6 is 0 Å². The van der Waals surface area contributed by atoms with Crippen molar-refractivity contribution in [2.24, 2.45) is 0 Å². The second-order valence-electron chi connectivity index (χ2n) is 10.1. The highest BCUT2D eigenvalue weighted by Crippen LogP contribution is 2.35. The van der Waals surface area contributed by atoms with E-state index in [4.69, 9.17) is 19.4 Å². The van der Waals surface area contributed by atoms with Crippen molar-refractivity contribution in [1.82, 2.24) is 19.1 Å². The molecule has 2 aromatic heterocycles. The zero-order valence-electron chi connectivity index (χ0n) is 21.1. The molecule has 2 saturated heterocycles. The van der Waals surface area contributed by atoms with Gasteiger partial charge in [-0.15, -0.1) is 0 Å². The lowest BCUT2D eigenvalue weighted by molar-refractivity contribution is -0.0524. The molecule has 39 heavy (non-hydrogen) atoms. The first-order valence-corrected chi connectivity index (χ1v) is 13.1. The van der Waals surface area contributed by atoms with Crippen LogP contribution in [-0.2, 0) is 22.3 Å². The number of benzene rings is 2. The van der Waals surface area contributed by atoms with Crippen molar-refractivity contribution in [2.45, 2.75) is 68.3 Å². The van der Waals surface area contributed by atoms with Crippen LogP contribution in [0.2, 0.25) is 0 Å². The fourth-order valence-corrected chi connectivity index (χ4v) is 5.70. The molecule has 12 nitrogen and oxygen atoms in total. The third-order valence-electron chi connectivity index (χ3n) is 7.68. The Labute approximate surface area is 223 Å². The molecule has 0 bridgehead atoms. The smallest absolute Gasteiger partial charge is 0.164 e. The topological polar surface area (TPSA) is 175 Å². The zero-order chi connectivity index (χ0) is 27.3. The van der Waals surface area contributed by atoms with Gasteiger partial charge in [0.15, 0.2) is 12.5 Å². The van der Waals surface area contributed by atoms with Crippen LogP contribution in [0.15, 0.2) is 48.5 Å². The maximum Gasteiger partial charge on any atom is 0.164 e. The maximum absolute atomic E-state index is 10.7. The second kappa shape index (κ2) is 10.6. The molecular formula is C27H32N4O8. The lowest BCUT2D eigenvalue weighted by atomic mass is 10.1. The summed E-state index contributed by atoms with van der Waals surface area (Å²) in [6, 6.07) is 14.9. The number of aromatic nitrogens is 4. The molecule has 0 saturated carbocycles. The van der Waals surface area contributed by atoms with Gasteiger partial charge in [0, 0.05) is 12.8 Å². The Kier molecular flexibility index (Phi) is 7.12. The first kappa shape index (κ1) is 26.3. The first-order chi connectivity index (χ1) is 18.9. The van der Waals surface area contributed by atoms with Crippen LogP contribution in [0.1, 0.15) is 30.5 Å². The first-order valence-electron chi connectivity index (χ1n) is 13.1. The van der Waals surface area contributed by atoms with E-state index in [0.29, 0.717) is 41.9 Å². The van der Waals surface area contributed by atoms with E-state index in [-0.39, 0.29) is 0 Å². The summed E-state index contributed by atoms with van der Waals surface area (Å²) in [4.78, 5) is 9.52. The van der Waals surface area contributed by atoms with E-state index in [1.165, 1.54) is 0 Å². The summed E-state index contributed by atoms with van der Waals surface area (Å²) >= 11 is 0. The van der Waals surface area contributed by atoms with Gasteiger partial charge in [-0.1, -0.05) is 24.3 Å². The second-order valence-corrected chi connectivity index (χ2v) is 10.1. The van der Waals surface area contributed by atoms with Crippen molar-refractivity contribution >= 4 is 22.1 Å². The summed E-state index contributed by atoms with van der Waals surface area (Å²) in [7, 11) is 0. The molecule has 0 aliphatic carbocycles. The maximum atomic E-state index is 10.7. The molecule has 208 valence electrons. The van der Waals surface area contributed by atoms with E-state index in [2.05, 4.69) is 0 Å². The number of hydrogen-bond acceptors (Lipinski definition) is 10. The van der Waals surface area contributed by atoms with Crippen molar-refractivity contribution in [3.8, 4) is 0 Å². The standard InChI is InChI=1S/C27H32N4O8/c32-12-18-22(34)24(36)26(38-18)30-16-8-3-1-6-14(16)28-20(30)10-5-11-21-29-15-7-2-4-9-17(15)31(21)27-25(37)23(35)19(13-33)39-27/h1-4,6-9,18-19,22-27,32-37H,5,10-13H2. The van der Waals surface area contributed by atoms with Crippen molar-refractivity contribution in [3.05, 3.63) is 60.2 Å². The lowest BCUT2D eigenvalue weighted by Crippen LogP contribution is -2.33. The number of aliphatic hydroxyl groups excluding tert-OH is 6. The van der Waals surface area contributed by atoms with Crippen LogP contribution < -0.4 is 0 Å². The third kappa shape index (κ3) is 4.42. The summed E-state index contributed by atoms with van der Waals surface area (Å²) in [5.74, 6) is 1.28. The Hall–Kier alpha value is -2.94. The number of rotatable bonds is 8. The van der Waals surface area contributed by atoms with Crippen molar-refractivity contribution in [2.75, 3.05) is 13.2 Å². The van der Waals surface area contributed by atoms with Gasteiger partial charge in [0.25, 0.3) is 0 Å². The SMILES string of the molecule is OCC1OC(n2c(CCCc3nc4ccccc4n3C3OC(CO)C(O)C3O)nc3ccccc32)C(O)C1O. The highest BCUT2D eigenvalue weighted by atomic mass is 16.6. The van der Waals surface area contributed by atoms with Gasteiger partial charge in [-0.05, 0) is 30.7 Å². The number of ether oxygens (including phenoxy) is 2. The zero-order valence-corrected chi connectivity index (χ0v) is 21.1. The molecule has 8 unspecified atom stereocenters. The minimum absolute atomic E-state index is 0.423. The van der Waals surface area contributed by atoms with Crippen LogP contribution in [0, 0.1) is 0 Å². The minimum atomic E-state index is -1.24. The molecule has 12 heteroatoms. The molecule has 6 rings (SSSR count). The number of aliphatic hydroxyl groups is 6. The van der Waals surface area contributed by atoms with Gasteiger partial charge in [0.05, 0.1) is 35.3 Å². The summed E-state index contributed by atoms with van der Waals surface area (Å²) < 4.78 is 15.2. The van der Waals surface area contributed by atoms with Crippen LogP contribution in [0.25, 0.3) is 22.1 Å². The predicted octanol–water partition coefficient (Wildman–Crippen LogP) is -0.216. The van der Waals surface area contributed by atoms with Gasteiger partial charge in [-0.3, -0.25) is 9.13 Å². The average molecular weight is 541 g/mol. The highest BCUT2D eigenvalue weighted by Gasteiger charge is 2.45. The van der Waals surface area contributed by atoms with Crippen molar-refractivity contribution in [3.63, 3.8) is 0 Å². The number of aryl methyl sites for hydroxylation is 2. The van der Waals surface area contributed by atoms with E-state index in [1.807, 2.05) is 48.5 Å². The fourth-order valence-electron chi connectivity index (χ4n) is 5.70. The van der Waals surface area contributed by atoms with Crippen molar-refractivity contribution in [1.29, 1.82) is 0 Å². The fraction of sp³-hybridized carbons (Fsp3) is 0.481. The summed E-state index contributed by atoms with van der Waals surface area (Å²) in [5.41, 5.74) is 2.90. The van der Waals surface area contributed by atoms with Gasteiger partial charge >= 0.3 is 0 Å². The molecule has 8 atom stereocenters. The van der Waals surface area contributed by atoms with Crippen LogP contribution in [0.5, 0.6) is 0 Å². The van der Waals surface area contributed by atoms with E-state index in [0.717, 1.165) is 11.0 Å². The molecule has 4 aromatic rings. The Morgan fingerprint density at radius 3 is 1.41 bits per heavy atom. The van der Waals surface area contributed by atoms with Gasteiger partial charge < -0.3 is 40.1 Å². The monoisotopic (exact) mass is 540 g/mol. The van der Waals surface area contributed by atoms with Crippen LogP contribution in [0.3, 0.4) is 0 Å². The van der Waals surface area contributed by atoms with Gasteiger partial charge in [-0.2, -0.15) is 0 Å². The summed E-state index contributed by atoms with van der Waals surface area (Å²) in [6.45, 7) is -0.846. The number of para-hydroxylation sites is 4. The summed E-state index contributed by atoms with van der Waals surface area (Å²) in [6.07, 6.45) is -7.06. The average Bonchev–Trinajstić information content (AvgIpc) is 3.66. The molecule has 2 aliphatic heterocycles. The molecule has 0 spiro atoms. The molecule has 2 aliphatic rings. The number of fused-ring (bicyclic) bond motifs is 2. The predicted molar refractivity (Wildman–Crippen MR) is 138 cm³/mol. The number of hydrogen-bond donors (Lipinski definition) is 6. The Balaban J connectivity index is 1.29. The third-order valence-corrected chi connectivity index (χ3v) is 7.68. The summed E-state index contributed by atoms with van der Waals surface area (Å²) in [5, 5.41) is 61.3. The van der Waals surface area contributed by atoms with Gasteiger partial charge in [0.1, 0.15) is 48.3 Å². The van der Waals surface area contributed by atoms with Gasteiger partial charge in [-0.25, -0.2) is 9.97 Å². The largest absolute Gasteiger partial charge is 0.394 e. The molecule has 2 fully saturated rings. The van der Waals surface area contributed by atoms with Crippen LogP contribution in [-0.4, -0.2) is 99.6 Å². The molecule has 4 heterocycles. The lowest BCUT2D eigenvalue weighted by Gasteiger charge is -2.21. The van der Waals surface area contributed by atoms with Crippen LogP contribution in [0.4, 0.5) is 0 Å². The molecule has 0 amide bonds. The van der Waals surface area contributed by atoms with Gasteiger partial charge in [0.2, 0.25) is 0 Å². The molecule has 2 aromatic carbocycles. The Morgan fingerprint density at radius 1 is 0.615 bits per heavy atom. The molecular weight excluding hydrogens is 508 g/mol. The van der Waals surface area contributed by atoms with E-state index in [1.54, 1.807) is 9.13 Å².